The van der Waals surface area contributed by atoms with Crippen LogP contribution in [0.4, 0.5) is 13.2 Å². The van der Waals surface area contributed by atoms with Crippen LogP contribution in [-0.2, 0) is 6.30 Å². The number of fused-ring (bicyclic) bond motifs is 1. The number of nitrogens with zero attached hydrogens (tertiary/aromatic N) is 2. The summed E-state index contributed by atoms with van der Waals surface area (Å²) in [5.74, 6) is 0. The Labute approximate surface area is 81.9 Å². The van der Waals surface area contributed by atoms with Gasteiger partial charge in [-0.15, -0.1) is 13.2 Å². The summed E-state index contributed by atoms with van der Waals surface area (Å²) in [6, 6.07) is 5.90. The molecule has 0 spiro atoms. The van der Waals surface area contributed by atoms with Gasteiger partial charge in [-0.05, 0) is 23.7 Å². The van der Waals surface area contributed by atoms with Gasteiger partial charge in [0.25, 0.3) is 0 Å². The molecule has 1 heterocycles. The maximum absolute atomic E-state index is 12.5. The second-order valence-electron chi connectivity index (χ2n) is 2.67. The third kappa shape index (κ3) is 1.33. The third-order valence-electron chi connectivity index (χ3n) is 1.77. The number of imidazole rings is 1. The van der Waals surface area contributed by atoms with Crippen molar-refractivity contribution in [2.45, 2.75) is 6.30 Å². The lowest BCUT2D eigenvalue weighted by Crippen LogP contribution is -2.16. The lowest BCUT2D eigenvalue weighted by atomic mass is 10.3. The van der Waals surface area contributed by atoms with E-state index in [9.17, 15) is 13.2 Å². The van der Waals surface area contributed by atoms with Gasteiger partial charge in [-0.3, -0.25) is 0 Å². The molecule has 0 aliphatic heterocycles. The first-order valence-electron chi connectivity index (χ1n) is 3.70. The van der Waals surface area contributed by atoms with Crippen LogP contribution in [0.25, 0.3) is 11.0 Å². The molecule has 0 atom stereocenters. The number of benzene rings is 1. The predicted molar refractivity (Wildman–Crippen MR) is 46.0 cm³/mol. The second kappa shape index (κ2) is 2.88. The molecule has 2 nitrogen and oxygen atoms in total. The van der Waals surface area contributed by atoms with Gasteiger partial charge in [0.15, 0.2) is 0 Å². The van der Waals surface area contributed by atoms with E-state index in [0.717, 1.165) is 0 Å². The van der Waals surface area contributed by atoms with Crippen molar-refractivity contribution >= 4 is 22.6 Å². The number of hydrogen-bond acceptors (Lipinski definition) is 1. The molecule has 6 heteroatoms. The topological polar surface area (TPSA) is 17.8 Å². The molecule has 0 amide bonds. The molecule has 0 aliphatic rings. The quantitative estimate of drug-likeness (QED) is 0.667. The highest BCUT2D eigenvalue weighted by atomic mass is 35.5. The van der Waals surface area contributed by atoms with Crippen molar-refractivity contribution in [1.82, 2.24) is 9.55 Å². The van der Waals surface area contributed by atoms with E-state index in [4.69, 9.17) is 11.6 Å². The highest BCUT2D eigenvalue weighted by molar-refractivity contribution is 6.29. The Morgan fingerprint density at radius 3 is 2.50 bits per heavy atom. The Hall–Kier alpha value is -1.23. The molecule has 2 aromatic rings. The van der Waals surface area contributed by atoms with Gasteiger partial charge in [0.05, 0.1) is 11.0 Å². The number of para-hydroxylation sites is 2. The molecule has 0 radical (unpaired) electrons. The van der Waals surface area contributed by atoms with Crippen molar-refractivity contribution < 1.29 is 13.2 Å². The summed E-state index contributed by atoms with van der Waals surface area (Å²) < 4.78 is 37.4. The zero-order valence-corrected chi connectivity index (χ0v) is 7.47. The number of hydrogen-bond donors (Lipinski definition) is 0. The minimum Gasteiger partial charge on any atom is -0.224 e. The third-order valence-corrected chi connectivity index (χ3v) is 2.03. The highest BCUT2D eigenvalue weighted by Gasteiger charge is 2.34. The van der Waals surface area contributed by atoms with Crippen LogP contribution < -0.4 is 0 Å². The molecule has 0 fully saturated rings. The van der Waals surface area contributed by atoms with Gasteiger partial charge in [-0.1, -0.05) is 12.1 Å². The Bertz CT molecular complexity index is 475. The van der Waals surface area contributed by atoms with Gasteiger partial charge in [0, 0.05) is 0 Å². The first-order valence-corrected chi connectivity index (χ1v) is 4.08. The standard InChI is InChI=1S/C8H4ClF3N2/c9-7-13-5-3-1-2-4-6(5)14(7)8(10,11)12/h1-4H. The van der Waals surface area contributed by atoms with Crippen LogP contribution in [-0.4, -0.2) is 9.55 Å². The minimum absolute atomic E-state index is 0.0370. The van der Waals surface area contributed by atoms with E-state index in [1.165, 1.54) is 18.2 Å². The van der Waals surface area contributed by atoms with Crippen molar-refractivity contribution in [1.29, 1.82) is 0 Å². The summed E-state index contributed by atoms with van der Waals surface area (Å²) >= 11 is 5.38. The van der Waals surface area contributed by atoms with Gasteiger partial charge in [0.2, 0.25) is 5.28 Å². The average Bonchev–Trinajstić information content (AvgIpc) is 2.38. The monoisotopic (exact) mass is 220 g/mol. The average molecular weight is 221 g/mol. The Morgan fingerprint density at radius 2 is 1.86 bits per heavy atom. The van der Waals surface area contributed by atoms with Gasteiger partial charge in [0.1, 0.15) is 0 Å². The van der Waals surface area contributed by atoms with Crippen LogP contribution in [0.1, 0.15) is 0 Å². The summed E-state index contributed by atoms with van der Waals surface area (Å²) in [5.41, 5.74) is 0.194. The number of halogens is 4. The molecule has 2 rings (SSSR count). The highest BCUT2D eigenvalue weighted by Crippen LogP contribution is 2.31. The van der Waals surface area contributed by atoms with Crippen molar-refractivity contribution in [2.75, 3.05) is 0 Å². The van der Waals surface area contributed by atoms with Crippen LogP contribution in [0.15, 0.2) is 24.3 Å². The summed E-state index contributed by atoms with van der Waals surface area (Å²) in [4.78, 5) is 3.59. The Kier molecular flexibility index (Phi) is 1.92. The maximum atomic E-state index is 12.5. The Morgan fingerprint density at radius 1 is 1.21 bits per heavy atom. The van der Waals surface area contributed by atoms with E-state index in [1.54, 1.807) is 6.07 Å². The summed E-state index contributed by atoms with van der Waals surface area (Å²) in [6.45, 7) is 0. The summed E-state index contributed by atoms with van der Waals surface area (Å²) in [6.07, 6.45) is -4.53. The van der Waals surface area contributed by atoms with E-state index in [-0.39, 0.29) is 15.6 Å². The molecule has 1 aromatic heterocycles. The fourth-order valence-corrected chi connectivity index (χ4v) is 1.52. The molecule has 1 aromatic carbocycles. The van der Waals surface area contributed by atoms with Crippen LogP contribution in [0, 0.1) is 0 Å². The normalized spacial score (nSPS) is 12.3. The van der Waals surface area contributed by atoms with E-state index in [1.807, 2.05) is 0 Å². The molecule has 0 bridgehead atoms. The van der Waals surface area contributed by atoms with Crippen molar-refractivity contribution in [3.63, 3.8) is 0 Å². The van der Waals surface area contributed by atoms with E-state index in [2.05, 4.69) is 4.98 Å². The molecule has 0 aliphatic carbocycles. The minimum atomic E-state index is -4.53. The summed E-state index contributed by atoms with van der Waals surface area (Å²) in [7, 11) is 0. The molecule has 14 heavy (non-hydrogen) atoms. The summed E-state index contributed by atoms with van der Waals surface area (Å²) in [5, 5.41) is -0.571. The first kappa shape index (κ1) is 9.33. The smallest absolute Gasteiger partial charge is 0.224 e. The van der Waals surface area contributed by atoms with Gasteiger partial charge in [-0.25, -0.2) is 9.55 Å². The molecular weight excluding hydrogens is 217 g/mol. The number of rotatable bonds is 0. The van der Waals surface area contributed by atoms with Crippen molar-refractivity contribution in [3.05, 3.63) is 29.5 Å². The SMILES string of the molecule is FC(F)(F)n1c(Cl)nc2ccccc21. The van der Waals surface area contributed by atoms with Gasteiger partial charge in [-0.2, -0.15) is 0 Å². The lowest BCUT2D eigenvalue weighted by molar-refractivity contribution is -0.200. The zero-order chi connectivity index (χ0) is 10.3. The predicted octanol–water partition coefficient (Wildman–Crippen LogP) is 3.17. The van der Waals surface area contributed by atoms with E-state index < -0.39 is 11.6 Å². The van der Waals surface area contributed by atoms with Gasteiger partial charge >= 0.3 is 6.30 Å². The zero-order valence-electron chi connectivity index (χ0n) is 6.72. The van der Waals surface area contributed by atoms with Crippen LogP contribution in [0.2, 0.25) is 5.28 Å². The molecule has 0 unspecified atom stereocenters. The van der Waals surface area contributed by atoms with Crippen LogP contribution in [0.5, 0.6) is 0 Å². The van der Waals surface area contributed by atoms with Crippen LogP contribution in [0.3, 0.4) is 0 Å². The van der Waals surface area contributed by atoms with Crippen molar-refractivity contribution in [2.24, 2.45) is 0 Å². The molecule has 0 saturated carbocycles. The Balaban J connectivity index is 2.81. The molecule has 74 valence electrons. The first-order chi connectivity index (χ1) is 6.50. The van der Waals surface area contributed by atoms with E-state index >= 15 is 0 Å². The molecular formula is C8H4ClF3N2. The van der Waals surface area contributed by atoms with Gasteiger partial charge < -0.3 is 0 Å². The number of alkyl halides is 3. The lowest BCUT2D eigenvalue weighted by Gasteiger charge is -2.08. The largest absolute Gasteiger partial charge is 0.491 e. The molecule has 0 N–H and O–H groups in total. The van der Waals surface area contributed by atoms with Crippen molar-refractivity contribution in [3.8, 4) is 0 Å². The maximum Gasteiger partial charge on any atom is 0.491 e. The van der Waals surface area contributed by atoms with E-state index in [0.29, 0.717) is 0 Å². The number of aromatic nitrogens is 2. The fraction of sp³-hybridized carbons (Fsp3) is 0.125. The molecule has 0 saturated heterocycles. The second-order valence-corrected chi connectivity index (χ2v) is 3.01. The van der Waals surface area contributed by atoms with Crippen LogP contribution >= 0.6 is 11.6 Å². The fourth-order valence-electron chi connectivity index (χ4n) is 1.24.